The normalized spacial score (nSPS) is 21.0. The van der Waals surface area contributed by atoms with E-state index < -0.39 is 0 Å². The van der Waals surface area contributed by atoms with Gasteiger partial charge in [0, 0.05) is 6.04 Å². The maximum absolute atomic E-state index is 2.65. The number of hydrogen-bond acceptors (Lipinski definition) is 1. The molecule has 1 aliphatic heterocycles. The predicted molar refractivity (Wildman–Crippen MR) is 54.3 cm³/mol. The topological polar surface area (TPSA) is 3.24 Å². The van der Waals surface area contributed by atoms with Crippen LogP contribution in [-0.4, -0.2) is 24.0 Å². The van der Waals surface area contributed by atoms with Crippen molar-refractivity contribution in [3.05, 3.63) is 0 Å². The van der Waals surface area contributed by atoms with Gasteiger partial charge in [0.1, 0.15) is 0 Å². The Balaban J connectivity index is 2.27. The van der Waals surface area contributed by atoms with Gasteiger partial charge >= 0.3 is 0 Å². The van der Waals surface area contributed by atoms with Crippen molar-refractivity contribution in [3.63, 3.8) is 0 Å². The lowest BCUT2D eigenvalue weighted by atomic mass is 9.94. The van der Waals surface area contributed by atoms with E-state index in [0.29, 0.717) is 0 Å². The minimum absolute atomic E-state index is 0.844. The fourth-order valence-corrected chi connectivity index (χ4v) is 2.02. The van der Waals surface area contributed by atoms with Gasteiger partial charge in [-0.05, 0) is 31.8 Å². The van der Waals surface area contributed by atoms with Crippen LogP contribution in [0.5, 0.6) is 0 Å². The van der Waals surface area contributed by atoms with Crippen LogP contribution in [0.2, 0.25) is 0 Å². The van der Waals surface area contributed by atoms with E-state index in [0.717, 1.165) is 12.0 Å². The first-order chi connectivity index (χ1) is 5.75. The fraction of sp³-hybridized carbons (Fsp3) is 1.00. The molecular weight excluding hydrogens is 146 g/mol. The summed E-state index contributed by atoms with van der Waals surface area (Å²) in [4.78, 5) is 2.65. The molecule has 0 aromatic carbocycles. The highest BCUT2D eigenvalue weighted by atomic mass is 15.2. The molecule has 1 aliphatic rings. The van der Waals surface area contributed by atoms with Crippen molar-refractivity contribution in [2.45, 2.75) is 52.5 Å². The maximum Gasteiger partial charge on any atom is 0.0118 e. The highest BCUT2D eigenvalue weighted by Gasteiger charge is 2.25. The summed E-state index contributed by atoms with van der Waals surface area (Å²) >= 11 is 0. The molecule has 0 amide bonds. The zero-order valence-corrected chi connectivity index (χ0v) is 8.84. The van der Waals surface area contributed by atoms with Crippen molar-refractivity contribution in [1.29, 1.82) is 0 Å². The van der Waals surface area contributed by atoms with Crippen LogP contribution in [0, 0.1) is 5.92 Å². The molecule has 0 N–H and O–H groups in total. The predicted octanol–water partition coefficient (Wildman–Crippen LogP) is 2.91. The van der Waals surface area contributed by atoms with Crippen molar-refractivity contribution in [3.8, 4) is 0 Å². The standard InChI is InChI=1S/C11H23N/c1-4-5-7-11(10(2)3)12-8-6-9-12/h10-11H,4-9H2,1-3H3. The van der Waals surface area contributed by atoms with Gasteiger partial charge in [0.2, 0.25) is 0 Å². The SMILES string of the molecule is CCCCC(C(C)C)N1CCC1. The van der Waals surface area contributed by atoms with Gasteiger partial charge < -0.3 is 4.90 Å². The van der Waals surface area contributed by atoms with Crippen molar-refractivity contribution in [2.24, 2.45) is 5.92 Å². The molecule has 1 atom stereocenters. The zero-order valence-electron chi connectivity index (χ0n) is 8.84. The van der Waals surface area contributed by atoms with E-state index in [2.05, 4.69) is 25.7 Å². The fourth-order valence-electron chi connectivity index (χ4n) is 2.02. The Bertz CT molecular complexity index is 116. The molecule has 0 radical (unpaired) electrons. The lowest BCUT2D eigenvalue weighted by Gasteiger charge is -2.40. The number of likely N-dealkylation sites (tertiary alicyclic amines) is 1. The van der Waals surface area contributed by atoms with E-state index in [4.69, 9.17) is 0 Å². The Morgan fingerprint density at radius 3 is 2.25 bits per heavy atom. The maximum atomic E-state index is 2.65. The molecule has 1 heterocycles. The second-order valence-electron chi connectivity index (χ2n) is 4.34. The molecule has 1 fully saturated rings. The summed E-state index contributed by atoms with van der Waals surface area (Å²) in [5.74, 6) is 0.844. The van der Waals surface area contributed by atoms with Gasteiger partial charge in [-0.25, -0.2) is 0 Å². The molecule has 0 saturated carbocycles. The monoisotopic (exact) mass is 169 g/mol. The summed E-state index contributed by atoms with van der Waals surface area (Å²) in [5, 5.41) is 0. The second-order valence-corrected chi connectivity index (χ2v) is 4.34. The molecule has 0 bridgehead atoms. The Kier molecular flexibility index (Phi) is 4.07. The summed E-state index contributed by atoms with van der Waals surface area (Å²) in [7, 11) is 0. The molecule has 1 rings (SSSR count). The third-order valence-electron chi connectivity index (χ3n) is 2.98. The quantitative estimate of drug-likeness (QED) is 0.611. The first-order valence-electron chi connectivity index (χ1n) is 5.49. The van der Waals surface area contributed by atoms with E-state index in [-0.39, 0.29) is 0 Å². The number of rotatable bonds is 5. The molecule has 1 unspecified atom stereocenters. The summed E-state index contributed by atoms with van der Waals surface area (Å²) in [6.45, 7) is 9.71. The van der Waals surface area contributed by atoms with Crippen molar-refractivity contribution in [2.75, 3.05) is 13.1 Å². The Labute approximate surface area is 77.1 Å². The Hall–Kier alpha value is -0.0400. The number of hydrogen-bond donors (Lipinski definition) is 0. The molecule has 72 valence electrons. The molecule has 12 heavy (non-hydrogen) atoms. The molecule has 1 heteroatoms. The third-order valence-corrected chi connectivity index (χ3v) is 2.98. The van der Waals surface area contributed by atoms with E-state index in [9.17, 15) is 0 Å². The van der Waals surface area contributed by atoms with E-state index in [1.165, 1.54) is 38.8 Å². The molecule has 1 saturated heterocycles. The second kappa shape index (κ2) is 4.86. The lowest BCUT2D eigenvalue weighted by Crippen LogP contribution is -2.47. The van der Waals surface area contributed by atoms with Gasteiger partial charge in [-0.2, -0.15) is 0 Å². The van der Waals surface area contributed by atoms with Gasteiger partial charge in [-0.1, -0.05) is 33.6 Å². The highest BCUT2D eigenvalue weighted by molar-refractivity contribution is 4.80. The lowest BCUT2D eigenvalue weighted by molar-refractivity contribution is 0.0800. The largest absolute Gasteiger partial charge is 0.300 e. The summed E-state index contributed by atoms with van der Waals surface area (Å²) in [5.41, 5.74) is 0. The first kappa shape index (κ1) is 10.0. The van der Waals surface area contributed by atoms with Crippen molar-refractivity contribution < 1.29 is 0 Å². The van der Waals surface area contributed by atoms with Crippen LogP contribution in [0.1, 0.15) is 46.5 Å². The van der Waals surface area contributed by atoms with Gasteiger partial charge in [0.15, 0.2) is 0 Å². The third kappa shape index (κ3) is 2.48. The van der Waals surface area contributed by atoms with Crippen LogP contribution in [-0.2, 0) is 0 Å². The van der Waals surface area contributed by atoms with Crippen LogP contribution in [0.3, 0.4) is 0 Å². The van der Waals surface area contributed by atoms with Gasteiger partial charge in [0.05, 0.1) is 0 Å². The number of unbranched alkanes of at least 4 members (excludes halogenated alkanes) is 1. The van der Waals surface area contributed by atoms with Crippen LogP contribution >= 0.6 is 0 Å². The van der Waals surface area contributed by atoms with Crippen LogP contribution in [0.15, 0.2) is 0 Å². The highest BCUT2D eigenvalue weighted by Crippen LogP contribution is 2.22. The first-order valence-corrected chi connectivity index (χ1v) is 5.49. The van der Waals surface area contributed by atoms with Crippen molar-refractivity contribution in [1.82, 2.24) is 4.90 Å². The zero-order chi connectivity index (χ0) is 8.97. The van der Waals surface area contributed by atoms with E-state index in [1.54, 1.807) is 0 Å². The average Bonchev–Trinajstić information content (AvgIpc) is 1.93. The number of nitrogens with zero attached hydrogens (tertiary/aromatic N) is 1. The molecule has 0 aromatic heterocycles. The van der Waals surface area contributed by atoms with Gasteiger partial charge in [0.25, 0.3) is 0 Å². The molecule has 0 spiro atoms. The average molecular weight is 169 g/mol. The Morgan fingerprint density at radius 1 is 1.25 bits per heavy atom. The van der Waals surface area contributed by atoms with Crippen LogP contribution < -0.4 is 0 Å². The summed E-state index contributed by atoms with van der Waals surface area (Å²) in [6, 6.07) is 0.874. The molecule has 1 nitrogen and oxygen atoms in total. The van der Waals surface area contributed by atoms with Crippen LogP contribution in [0.4, 0.5) is 0 Å². The summed E-state index contributed by atoms with van der Waals surface area (Å²) < 4.78 is 0. The van der Waals surface area contributed by atoms with Crippen LogP contribution in [0.25, 0.3) is 0 Å². The Morgan fingerprint density at radius 2 is 1.92 bits per heavy atom. The minimum atomic E-state index is 0.844. The summed E-state index contributed by atoms with van der Waals surface area (Å²) in [6.07, 6.45) is 5.58. The van der Waals surface area contributed by atoms with E-state index in [1.807, 2.05) is 0 Å². The smallest absolute Gasteiger partial charge is 0.0118 e. The molecule has 0 aromatic rings. The van der Waals surface area contributed by atoms with Gasteiger partial charge in [-0.3, -0.25) is 0 Å². The molecular formula is C11H23N. The molecule has 0 aliphatic carbocycles. The van der Waals surface area contributed by atoms with E-state index >= 15 is 0 Å². The van der Waals surface area contributed by atoms with Crippen molar-refractivity contribution >= 4 is 0 Å². The van der Waals surface area contributed by atoms with Gasteiger partial charge in [-0.15, -0.1) is 0 Å². The minimum Gasteiger partial charge on any atom is -0.300 e.